The van der Waals surface area contributed by atoms with Crippen molar-refractivity contribution in [2.24, 2.45) is 0 Å². The van der Waals surface area contributed by atoms with E-state index in [0.717, 1.165) is 11.1 Å². The number of carbonyl (C=O) groups excluding carboxylic acids is 1. The molecule has 1 heterocycles. The van der Waals surface area contributed by atoms with Crippen LogP contribution in [0.1, 0.15) is 17.2 Å². The molecule has 3 aromatic rings. The first-order valence-electron chi connectivity index (χ1n) is 7.24. The van der Waals surface area contributed by atoms with Gasteiger partial charge in [-0.15, -0.1) is 10.2 Å². The number of benzene rings is 2. The number of amides is 2. The summed E-state index contributed by atoms with van der Waals surface area (Å²) in [4.78, 5) is 14.3. The van der Waals surface area contributed by atoms with Crippen LogP contribution in [0, 0.1) is 0 Å². The van der Waals surface area contributed by atoms with Gasteiger partial charge in [0, 0.05) is 7.05 Å². The number of hydrogen-bond acceptors (Lipinski definition) is 4. The van der Waals surface area contributed by atoms with Crippen molar-refractivity contribution in [2.45, 2.75) is 6.04 Å². The highest BCUT2D eigenvalue weighted by Crippen LogP contribution is 2.45. The molecule has 0 aliphatic heterocycles. The number of nitrogens with one attached hydrogen (secondary N) is 1. The predicted octanol–water partition coefficient (Wildman–Crippen LogP) is 3.77. The zero-order valence-corrected chi connectivity index (χ0v) is 13.2. The summed E-state index contributed by atoms with van der Waals surface area (Å²) in [5.74, 6) is 0. The molecule has 5 nitrogen and oxygen atoms in total. The van der Waals surface area contributed by atoms with Gasteiger partial charge in [0.25, 0.3) is 0 Å². The lowest BCUT2D eigenvalue weighted by Gasteiger charge is -2.26. The molecule has 0 spiro atoms. The molecular weight excluding hydrogens is 308 g/mol. The Balaban J connectivity index is 1.72. The van der Waals surface area contributed by atoms with Gasteiger partial charge in [-0.05, 0) is 22.3 Å². The Bertz CT molecular complexity index is 817. The smallest absolute Gasteiger partial charge is 0.316 e. The van der Waals surface area contributed by atoms with Gasteiger partial charge in [-0.1, -0.05) is 59.9 Å². The van der Waals surface area contributed by atoms with Crippen molar-refractivity contribution in [1.82, 2.24) is 15.1 Å². The molecule has 0 radical (unpaired) electrons. The van der Waals surface area contributed by atoms with Crippen LogP contribution < -0.4 is 5.32 Å². The summed E-state index contributed by atoms with van der Waals surface area (Å²) in [5, 5.41) is 10.9. The predicted molar refractivity (Wildman–Crippen MR) is 90.4 cm³/mol. The highest BCUT2D eigenvalue weighted by atomic mass is 32.1. The van der Waals surface area contributed by atoms with Crippen molar-refractivity contribution in [3.8, 4) is 11.1 Å². The van der Waals surface area contributed by atoms with E-state index in [-0.39, 0.29) is 12.1 Å². The van der Waals surface area contributed by atoms with Crippen LogP contribution in [0.2, 0.25) is 0 Å². The van der Waals surface area contributed by atoms with Gasteiger partial charge in [0.05, 0.1) is 6.04 Å². The number of fused-ring (bicyclic) bond motifs is 3. The fraction of sp³-hybridized carbons (Fsp3) is 0.118. The van der Waals surface area contributed by atoms with Crippen molar-refractivity contribution in [3.05, 3.63) is 65.2 Å². The lowest BCUT2D eigenvalue weighted by molar-refractivity contribution is 0.213. The van der Waals surface area contributed by atoms with Crippen LogP contribution in [0.5, 0.6) is 0 Å². The maximum absolute atomic E-state index is 12.6. The average molecular weight is 322 g/mol. The van der Waals surface area contributed by atoms with E-state index < -0.39 is 0 Å². The van der Waals surface area contributed by atoms with Crippen LogP contribution in [0.3, 0.4) is 0 Å². The van der Waals surface area contributed by atoms with Crippen molar-refractivity contribution >= 4 is 22.5 Å². The third-order valence-corrected chi connectivity index (χ3v) is 4.69. The summed E-state index contributed by atoms with van der Waals surface area (Å²) in [7, 11) is 1.81. The standard InChI is InChI=1S/C17H14N4OS/c1-21(17(22)19-16-20-18-10-23-16)15-13-8-4-2-6-11(13)12-7-3-5-9-14(12)15/h2-10,15H,1H3,(H,19,20,22). The highest BCUT2D eigenvalue weighted by Gasteiger charge is 2.33. The summed E-state index contributed by atoms with van der Waals surface area (Å²) in [6.07, 6.45) is 0. The molecule has 1 aliphatic rings. The Kier molecular flexibility index (Phi) is 3.31. The molecule has 0 atom stereocenters. The monoisotopic (exact) mass is 322 g/mol. The van der Waals surface area contributed by atoms with Gasteiger partial charge in [0.2, 0.25) is 5.13 Å². The van der Waals surface area contributed by atoms with Crippen LogP contribution in [0.25, 0.3) is 11.1 Å². The van der Waals surface area contributed by atoms with Crippen LogP contribution in [0.15, 0.2) is 54.0 Å². The number of nitrogens with zero attached hydrogens (tertiary/aromatic N) is 3. The molecule has 1 aliphatic carbocycles. The molecule has 2 amide bonds. The third-order valence-electron chi connectivity index (χ3n) is 4.08. The van der Waals surface area contributed by atoms with Gasteiger partial charge >= 0.3 is 6.03 Å². The molecule has 1 N–H and O–H groups in total. The minimum absolute atomic E-state index is 0.102. The van der Waals surface area contributed by atoms with E-state index in [1.54, 1.807) is 17.5 Å². The summed E-state index contributed by atoms with van der Waals surface area (Å²) in [6, 6.07) is 16.1. The van der Waals surface area contributed by atoms with Crippen molar-refractivity contribution in [1.29, 1.82) is 0 Å². The van der Waals surface area contributed by atoms with E-state index in [0.29, 0.717) is 5.13 Å². The lowest BCUT2D eigenvalue weighted by Crippen LogP contribution is -2.34. The van der Waals surface area contributed by atoms with Crippen molar-refractivity contribution in [2.75, 3.05) is 12.4 Å². The van der Waals surface area contributed by atoms with Crippen molar-refractivity contribution < 1.29 is 4.79 Å². The first-order chi connectivity index (χ1) is 11.3. The Morgan fingerprint density at radius 2 is 1.70 bits per heavy atom. The van der Waals surface area contributed by atoms with Crippen LogP contribution in [-0.2, 0) is 0 Å². The number of hydrogen-bond donors (Lipinski definition) is 1. The molecule has 0 fully saturated rings. The zero-order chi connectivity index (χ0) is 15.8. The highest BCUT2D eigenvalue weighted by molar-refractivity contribution is 7.13. The molecule has 0 saturated heterocycles. The normalized spacial score (nSPS) is 12.6. The summed E-state index contributed by atoms with van der Waals surface area (Å²) in [5.41, 5.74) is 6.25. The first-order valence-corrected chi connectivity index (χ1v) is 8.12. The first kappa shape index (κ1) is 13.9. The Labute approximate surface area is 137 Å². The molecule has 23 heavy (non-hydrogen) atoms. The zero-order valence-electron chi connectivity index (χ0n) is 12.4. The second-order valence-electron chi connectivity index (χ2n) is 5.36. The summed E-state index contributed by atoms with van der Waals surface area (Å²) in [6.45, 7) is 0. The van der Waals surface area contributed by atoms with Gasteiger partial charge in [0.15, 0.2) is 0 Å². The summed E-state index contributed by atoms with van der Waals surface area (Å²) < 4.78 is 0. The second kappa shape index (κ2) is 5.48. The molecule has 1 aromatic heterocycles. The van der Waals surface area contributed by atoms with E-state index in [1.807, 2.05) is 24.3 Å². The van der Waals surface area contributed by atoms with E-state index in [9.17, 15) is 4.79 Å². The average Bonchev–Trinajstić information content (AvgIpc) is 3.20. The second-order valence-corrected chi connectivity index (χ2v) is 6.20. The molecule has 2 aromatic carbocycles. The molecule has 0 unspecified atom stereocenters. The summed E-state index contributed by atoms with van der Waals surface area (Å²) >= 11 is 1.30. The van der Waals surface area contributed by atoms with E-state index >= 15 is 0 Å². The van der Waals surface area contributed by atoms with Gasteiger partial charge in [0.1, 0.15) is 5.51 Å². The Morgan fingerprint density at radius 3 is 2.26 bits per heavy atom. The number of aromatic nitrogens is 2. The molecule has 6 heteroatoms. The Morgan fingerprint density at radius 1 is 1.09 bits per heavy atom. The number of anilines is 1. The largest absolute Gasteiger partial charge is 0.324 e. The molecule has 4 rings (SSSR count). The van der Waals surface area contributed by atoms with Crippen molar-refractivity contribution in [3.63, 3.8) is 0 Å². The minimum atomic E-state index is -0.196. The number of carbonyl (C=O) groups is 1. The van der Waals surface area contributed by atoms with Crippen LogP contribution >= 0.6 is 11.3 Å². The van der Waals surface area contributed by atoms with E-state index in [1.165, 1.54) is 22.5 Å². The quantitative estimate of drug-likeness (QED) is 0.781. The third kappa shape index (κ3) is 2.27. The molecule has 0 saturated carbocycles. The SMILES string of the molecule is CN(C(=O)Nc1nncs1)C1c2ccccc2-c2ccccc21. The van der Waals surface area contributed by atoms with E-state index in [4.69, 9.17) is 0 Å². The number of rotatable bonds is 2. The molecule has 114 valence electrons. The molecule has 0 bridgehead atoms. The molecular formula is C17H14N4OS. The minimum Gasteiger partial charge on any atom is -0.316 e. The van der Waals surface area contributed by atoms with Crippen LogP contribution in [0.4, 0.5) is 9.93 Å². The fourth-order valence-electron chi connectivity index (χ4n) is 3.07. The maximum atomic E-state index is 12.6. The van der Waals surface area contributed by atoms with Gasteiger partial charge in [-0.3, -0.25) is 5.32 Å². The maximum Gasteiger partial charge on any atom is 0.324 e. The fourth-order valence-corrected chi connectivity index (χ4v) is 3.51. The van der Waals surface area contributed by atoms with Gasteiger partial charge in [-0.25, -0.2) is 4.79 Å². The van der Waals surface area contributed by atoms with Crippen LogP contribution in [-0.4, -0.2) is 28.2 Å². The lowest BCUT2D eigenvalue weighted by atomic mass is 10.0. The van der Waals surface area contributed by atoms with Gasteiger partial charge < -0.3 is 4.90 Å². The van der Waals surface area contributed by atoms with E-state index in [2.05, 4.69) is 39.8 Å². The topological polar surface area (TPSA) is 58.1 Å². The number of urea groups is 1. The Hall–Kier alpha value is -2.73. The van der Waals surface area contributed by atoms with Gasteiger partial charge in [-0.2, -0.15) is 0 Å².